The van der Waals surface area contributed by atoms with Crippen LogP contribution in [-0.2, 0) is 13.0 Å². The number of aromatic nitrogens is 2. The largest absolute Gasteiger partial charge is 0.329 e. The van der Waals surface area contributed by atoms with E-state index in [1.807, 2.05) is 24.5 Å². The van der Waals surface area contributed by atoms with Crippen molar-refractivity contribution in [2.45, 2.75) is 19.0 Å². The Kier molecular flexibility index (Phi) is 3.68. The van der Waals surface area contributed by atoms with Gasteiger partial charge in [0.05, 0.1) is 17.4 Å². The zero-order chi connectivity index (χ0) is 13.2. The zero-order valence-electron chi connectivity index (χ0n) is 10.3. The van der Waals surface area contributed by atoms with E-state index in [9.17, 15) is 0 Å². The van der Waals surface area contributed by atoms with E-state index < -0.39 is 0 Å². The molecule has 0 bridgehead atoms. The molecule has 0 aliphatic carbocycles. The summed E-state index contributed by atoms with van der Waals surface area (Å²) in [5.41, 5.74) is 8.41. The maximum atomic E-state index is 6.24. The fourth-order valence-electron chi connectivity index (χ4n) is 2.19. The molecule has 3 rings (SSSR count). The Morgan fingerprint density at radius 3 is 3.00 bits per heavy atom. The summed E-state index contributed by atoms with van der Waals surface area (Å²) in [6.45, 7) is 0.788. The second-order valence-corrected chi connectivity index (χ2v) is 6.49. The molecule has 3 nitrogen and oxygen atoms in total. The van der Waals surface area contributed by atoms with Crippen molar-refractivity contribution in [1.82, 2.24) is 9.55 Å². The topological polar surface area (TPSA) is 43.8 Å². The van der Waals surface area contributed by atoms with Gasteiger partial charge in [-0.2, -0.15) is 0 Å². The van der Waals surface area contributed by atoms with Gasteiger partial charge in [0.2, 0.25) is 0 Å². The highest BCUT2D eigenvalue weighted by Crippen LogP contribution is 2.21. The summed E-state index contributed by atoms with van der Waals surface area (Å²) in [7, 11) is 0. The van der Waals surface area contributed by atoms with Crippen molar-refractivity contribution in [3.05, 3.63) is 51.4 Å². The lowest BCUT2D eigenvalue weighted by atomic mass is 10.2. The Balaban J connectivity index is 1.74. The van der Waals surface area contributed by atoms with Gasteiger partial charge in [0.15, 0.2) is 0 Å². The van der Waals surface area contributed by atoms with E-state index in [4.69, 9.17) is 5.73 Å². The highest BCUT2D eigenvalue weighted by atomic mass is 79.9. The molecule has 3 aromatic rings. The molecule has 0 amide bonds. The monoisotopic (exact) mass is 335 g/mol. The van der Waals surface area contributed by atoms with Gasteiger partial charge in [-0.25, -0.2) is 4.98 Å². The molecule has 0 fully saturated rings. The summed E-state index contributed by atoms with van der Waals surface area (Å²) in [5, 5.41) is 2.09. The third-order valence-corrected chi connectivity index (χ3v) is 4.76. The summed E-state index contributed by atoms with van der Waals surface area (Å²) >= 11 is 5.21. The average Bonchev–Trinajstić information content (AvgIpc) is 2.97. The van der Waals surface area contributed by atoms with Crippen LogP contribution in [0, 0.1) is 0 Å². The standard InChI is InChI=1S/C14H14BrN3S/c15-10-5-12(19-8-10)6-11(16)7-18-9-17-13-3-1-2-4-14(13)18/h1-5,8-9,11H,6-7,16H2. The number of hydrogen-bond donors (Lipinski definition) is 1. The van der Waals surface area contributed by atoms with Crippen molar-refractivity contribution in [1.29, 1.82) is 0 Å². The molecule has 98 valence electrons. The third-order valence-electron chi connectivity index (χ3n) is 3.04. The number of para-hydroxylation sites is 2. The van der Waals surface area contributed by atoms with Crippen molar-refractivity contribution < 1.29 is 0 Å². The molecular formula is C14H14BrN3S. The first-order valence-corrected chi connectivity index (χ1v) is 7.78. The highest BCUT2D eigenvalue weighted by molar-refractivity contribution is 9.10. The van der Waals surface area contributed by atoms with E-state index >= 15 is 0 Å². The fourth-order valence-corrected chi connectivity index (χ4v) is 3.74. The number of nitrogens with two attached hydrogens (primary N) is 1. The van der Waals surface area contributed by atoms with Crippen LogP contribution in [-0.4, -0.2) is 15.6 Å². The molecule has 2 N–H and O–H groups in total. The zero-order valence-corrected chi connectivity index (χ0v) is 12.7. The van der Waals surface area contributed by atoms with E-state index in [-0.39, 0.29) is 6.04 Å². The van der Waals surface area contributed by atoms with Crippen LogP contribution in [0.5, 0.6) is 0 Å². The van der Waals surface area contributed by atoms with Crippen molar-refractivity contribution in [3.63, 3.8) is 0 Å². The molecule has 5 heteroatoms. The van der Waals surface area contributed by atoms with E-state index in [1.54, 1.807) is 11.3 Å². The van der Waals surface area contributed by atoms with Gasteiger partial charge in [0.25, 0.3) is 0 Å². The van der Waals surface area contributed by atoms with Gasteiger partial charge in [0, 0.05) is 27.3 Å². The van der Waals surface area contributed by atoms with Crippen LogP contribution in [0.1, 0.15) is 4.88 Å². The lowest BCUT2D eigenvalue weighted by Gasteiger charge is -2.12. The summed E-state index contributed by atoms with van der Waals surface area (Å²) in [4.78, 5) is 5.69. The van der Waals surface area contributed by atoms with Crippen LogP contribution >= 0.6 is 27.3 Å². The molecule has 0 saturated carbocycles. The molecule has 1 unspecified atom stereocenters. The number of halogens is 1. The van der Waals surface area contributed by atoms with E-state index in [0.717, 1.165) is 28.5 Å². The Morgan fingerprint density at radius 2 is 2.21 bits per heavy atom. The SMILES string of the molecule is NC(Cc1cc(Br)cs1)Cn1cnc2ccccc21. The number of rotatable bonds is 4. The number of benzene rings is 1. The van der Waals surface area contributed by atoms with Crippen LogP contribution in [0.3, 0.4) is 0 Å². The normalized spacial score (nSPS) is 12.9. The van der Waals surface area contributed by atoms with E-state index in [2.05, 4.69) is 43.0 Å². The lowest BCUT2D eigenvalue weighted by molar-refractivity contribution is 0.562. The fraction of sp³-hybridized carbons (Fsp3) is 0.214. The van der Waals surface area contributed by atoms with Crippen molar-refractivity contribution in [3.8, 4) is 0 Å². The Morgan fingerprint density at radius 1 is 1.37 bits per heavy atom. The molecule has 0 spiro atoms. The first-order valence-electron chi connectivity index (χ1n) is 6.11. The predicted molar refractivity (Wildman–Crippen MR) is 83.4 cm³/mol. The molecule has 2 heterocycles. The maximum absolute atomic E-state index is 6.24. The summed E-state index contributed by atoms with van der Waals surface area (Å²) < 4.78 is 3.26. The van der Waals surface area contributed by atoms with E-state index in [1.165, 1.54) is 4.88 Å². The summed E-state index contributed by atoms with van der Waals surface area (Å²) in [5.74, 6) is 0. The predicted octanol–water partition coefficient (Wildman–Crippen LogP) is 3.43. The van der Waals surface area contributed by atoms with Gasteiger partial charge < -0.3 is 10.3 Å². The van der Waals surface area contributed by atoms with Crippen LogP contribution in [0.2, 0.25) is 0 Å². The van der Waals surface area contributed by atoms with Gasteiger partial charge in [-0.05, 0) is 40.5 Å². The first kappa shape index (κ1) is 12.8. The minimum Gasteiger partial charge on any atom is -0.329 e. The second kappa shape index (κ2) is 5.45. The van der Waals surface area contributed by atoms with Crippen molar-refractivity contribution >= 4 is 38.3 Å². The molecule has 1 aromatic carbocycles. The highest BCUT2D eigenvalue weighted by Gasteiger charge is 2.09. The maximum Gasteiger partial charge on any atom is 0.0958 e. The molecular weight excluding hydrogens is 322 g/mol. The smallest absolute Gasteiger partial charge is 0.0958 e. The number of hydrogen-bond acceptors (Lipinski definition) is 3. The molecule has 0 aliphatic rings. The van der Waals surface area contributed by atoms with Gasteiger partial charge in [0.1, 0.15) is 0 Å². The molecule has 1 atom stereocenters. The molecule has 0 radical (unpaired) electrons. The second-order valence-electron chi connectivity index (χ2n) is 4.58. The van der Waals surface area contributed by atoms with Gasteiger partial charge in [-0.3, -0.25) is 0 Å². The Hall–Kier alpha value is -1.17. The van der Waals surface area contributed by atoms with Crippen molar-refractivity contribution in [2.24, 2.45) is 5.73 Å². The van der Waals surface area contributed by atoms with E-state index in [0.29, 0.717) is 0 Å². The van der Waals surface area contributed by atoms with Crippen LogP contribution < -0.4 is 5.73 Å². The van der Waals surface area contributed by atoms with Gasteiger partial charge in [-0.1, -0.05) is 12.1 Å². The average molecular weight is 336 g/mol. The number of nitrogens with zero attached hydrogens (tertiary/aromatic N) is 2. The molecule has 19 heavy (non-hydrogen) atoms. The lowest BCUT2D eigenvalue weighted by Crippen LogP contribution is -2.27. The van der Waals surface area contributed by atoms with Crippen LogP contribution in [0.25, 0.3) is 11.0 Å². The van der Waals surface area contributed by atoms with Crippen LogP contribution in [0.4, 0.5) is 0 Å². The minimum atomic E-state index is 0.100. The minimum absolute atomic E-state index is 0.100. The van der Waals surface area contributed by atoms with Crippen molar-refractivity contribution in [2.75, 3.05) is 0 Å². The molecule has 2 aromatic heterocycles. The van der Waals surface area contributed by atoms with Gasteiger partial charge in [-0.15, -0.1) is 11.3 Å². The molecule has 0 aliphatic heterocycles. The third kappa shape index (κ3) is 2.88. The quantitative estimate of drug-likeness (QED) is 0.793. The Labute approximate surface area is 124 Å². The summed E-state index contributed by atoms with van der Waals surface area (Å²) in [6, 6.07) is 10.4. The molecule has 0 saturated heterocycles. The number of imidazole rings is 1. The van der Waals surface area contributed by atoms with Gasteiger partial charge >= 0.3 is 0 Å². The number of fused-ring (bicyclic) bond motifs is 1. The Bertz CT molecular complexity index is 689. The van der Waals surface area contributed by atoms with Crippen LogP contribution in [0.15, 0.2) is 46.5 Å². The first-order chi connectivity index (χ1) is 9.22. The number of thiophene rings is 1. The summed E-state index contributed by atoms with van der Waals surface area (Å²) in [6.07, 6.45) is 2.76.